The van der Waals surface area contributed by atoms with Crippen LogP contribution in [0.15, 0.2) is 0 Å². The van der Waals surface area contributed by atoms with E-state index in [0.717, 1.165) is 0 Å². The molecule has 18 heavy (non-hydrogen) atoms. The summed E-state index contributed by atoms with van der Waals surface area (Å²) in [6, 6.07) is 0. The summed E-state index contributed by atoms with van der Waals surface area (Å²) >= 11 is 1.20. The van der Waals surface area contributed by atoms with Crippen LogP contribution < -0.4 is 0 Å². The summed E-state index contributed by atoms with van der Waals surface area (Å²) in [6.07, 6.45) is 0. The minimum atomic E-state index is -3.11. The van der Waals surface area contributed by atoms with Gasteiger partial charge in [-0.25, -0.2) is 13.4 Å². The molecule has 1 aromatic rings. The van der Waals surface area contributed by atoms with Crippen LogP contribution in [0, 0.1) is 0 Å². The summed E-state index contributed by atoms with van der Waals surface area (Å²) in [5, 5.41) is 0.506. The molecule has 1 rings (SSSR count). The fourth-order valence-electron chi connectivity index (χ4n) is 1.46. The number of aromatic nitrogens is 1. The first-order chi connectivity index (χ1) is 8.07. The first-order valence-electron chi connectivity index (χ1n) is 5.78. The van der Waals surface area contributed by atoms with Crippen molar-refractivity contribution in [3.63, 3.8) is 0 Å². The van der Waals surface area contributed by atoms with Gasteiger partial charge in [0.2, 0.25) is 0 Å². The van der Waals surface area contributed by atoms with Crippen molar-refractivity contribution in [1.82, 2.24) is 4.98 Å². The lowest BCUT2D eigenvalue weighted by Crippen LogP contribution is -2.15. The Labute approximate surface area is 112 Å². The molecule has 0 amide bonds. The molecule has 1 heterocycles. The van der Waals surface area contributed by atoms with Crippen molar-refractivity contribution >= 4 is 27.0 Å². The van der Waals surface area contributed by atoms with Gasteiger partial charge in [-0.3, -0.25) is 4.79 Å². The molecule has 0 aliphatic heterocycles. The first-order valence-corrected chi connectivity index (χ1v) is 8.42. The van der Waals surface area contributed by atoms with E-state index in [1.165, 1.54) is 18.3 Å². The minimum Gasteiger partial charge on any atom is -0.294 e. The average Bonchev–Trinajstić information content (AvgIpc) is 2.60. The maximum atomic E-state index is 11.6. The highest BCUT2D eigenvalue weighted by Gasteiger charge is 2.26. The molecule has 0 fully saturated rings. The quantitative estimate of drug-likeness (QED) is 0.799. The van der Waals surface area contributed by atoms with Crippen molar-refractivity contribution in [2.45, 2.75) is 45.8 Å². The number of carbonyl (C=O) groups excluding carboxylic acids is 1. The lowest BCUT2D eigenvalue weighted by Gasteiger charge is -2.16. The Morgan fingerprint density at radius 3 is 2.22 bits per heavy atom. The highest BCUT2D eigenvalue weighted by Crippen LogP contribution is 2.30. The molecule has 6 heteroatoms. The normalized spacial score (nSPS) is 12.7. The van der Waals surface area contributed by atoms with E-state index in [1.54, 1.807) is 6.92 Å². The topological polar surface area (TPSA) is 64.1 Å². The van der Waals surface area contributed by atoms with Crippen LogP contribution in [0.1, 0.15) is 55.0 Å². The van der Waals surface area contributed by atoms with Gasteiger partial charge in [-0.05, 0) is 0 Å². The Kier molecular flexibility index (Phi) is 4.33. The number of sulfone groups is 1. The van der Waals surface area contributed by atoms with Gasteiger partial charge in [-0.15, -0.1) is 11.3 Å². The van der Waals surface area contributed by atoms with E-state index in [4.69, 9.17) is 0 Å². The third-order valence-corrected chi connectivity index (χ3v) is 5.42. The standard InChI is InChI=1S/C12H19NO3S2/c1-6-18(15,16)7-9-13-11(12(3,4)5)10(17-9)8(2)14/h6-7H2,1-5H3. The van der Waals surface area contributed by atoms with E-state index in [1.807, 2.05) is 20.8 Å². The zero-order valence-electron chi connectivity index (χ0n) is 11.4. The predicted octanol–water partition coefficient (Wildman–Crippen LogP) is 2.58. The molecule has 0 aliphatic rings. The number of rotatable bonds is 4. The van der Waals surface area contributed by atoms with Gasteiger partial charge in [-0.2, -0.15) is 0 Å². The summed E-state index contributed by atoms with van der Waals surface area (Å²) in [7, 11) is -3.11. The minimum absolute atomic E-state index is 0.0578. The molecular weight excluding hydrogens is 270 g/mol. The Hall–Kier alpha value is -0.750. The van der Waals surface area contributed by atoms with Gasteiger partial charge in [0.15, 0.2) is 15.6 Å². The fourth-order valence-corrected chi connectivity index (χ4v) is 3.85. The maximum absolute atomic E-state index is 11.6. The Balaban J connectivity index is 3.24. The summed E-state index contributed by atoms with van der Waals surface area (Å²) in [5.41, 5.74) is 0.437. The molecule has 1 aromatic heterocycles. The van der Waals surface area contributed by atoms with Gasteiger partial charge in [-0.1, -0.05) is 27.7 Å². The van der Waals surface area contributed by atoms with Crippen LogP contribution >= 0.6 is 11.3 Å². The second-order valence-corrected chi connectivity index (χ2v) is 8.70. The fraction of sp³-hybridized carbons (Fsp3) is 0.667. The molecule has 102 valence electrons. The van der Waals surface area contributed by atoms with Crippen LogP contribution in [-0.4, -0.2) is 24.9 Å². The predicted molar refractivity (Wildman–Crippen MR) is 74.0 cm³/mol. The van der Waals surface area contributed by atoms with Crippen molar-refractivity contribution in [2.24, 2.45) is 0 Å². The number of Topliss-reactive ketones (excluding diaryl/α,β-unsaturated/α-hetero) is 1. The molecule has 0 aromatic carbocycles. The zero-order valence-corrected chi connectivity index (χ0v) is 13.0. The lowest BCUT2D eigenvalue weighted by atomic mass is 9.91. The summed E-state index contributed by atoms with van der Waals surface area (Å²) in [5.74, 6) is -0.0465. The lowest BCUT2D eigenvalue weighted by molar-refractivity contribution is 0.101. The van der Waals surface area contributed by atoms with Crippen LogP contribution in [-0.2, 0) is 21.0 Å². The van der Waals surface area contributed by atoms with Gasteiger partial charge in [0.25, 0.3) is 0 Å². The van der Waals surface area contributed by atoms with Crippen LogP contribution in [0.4, 0.5) is 0 Å². The number of hydrogen-bond donors (Lipinski definition) is 0. The van der Waals surface area contributed by atoms with Gasteiger partial charge < -0.3 is 0 Å². The molecular formula is C12H19NO3S2. The van der Waals surface area contributed by atoms with Crippen LogP contribution in [0.2, 0.25) is 0 Å². The highest BCUT2D eigenvalue weighted by atomic mass is 32.2. The third-order valence-electron chi connectivity index (χ3n) is 2.48. The highest BCUT2D eigenvalue weighted by molar-refractivity contribution is 7.90. The van der Waals surface area contributed by atoms with E-state index >= 15 is 0 Å². The number of ketones is 1. The van der Waals surface area contributed by atoms with E-state index in [2.05, 4.69) is 4.98 Å². The van der Waals surface area contributed by atoms with Gasteiger partial charge in [0, 0.05) is 18.1 Å². The van der Waals surface area contributed by atoms with Gasteiger partial charge in [0.05, 0.1) is 10.6 Å². The molecule has 0 aliphatic carbocycles. The van der Waals surface area contributed by atoms with Crippen LogP contribution in [0.3, 0.4) is 0 Å². The van der Waals surface area contributed by atoms with Crippen molar-refractivity contribution < 1.29 is 13.2 Å². The molecule has 0 radical (unpaired) electrons. The van der Waals surface area contributed by atoms with Crippen molar-refractivity contribution in [2.75, 3.05) is 5.75 Å². The Morgan fingerprint density at radius 1 is 1.33 bits per heavy atom. The van der Waals surface area contributed by atoms with E-state index in [-0.39, 0.29) is 22.7 Å². The van der Waals surface area contributed by atoms with Crippen LogP contribution in [0.25, 0.3) is 0 Å². The Bertz CT molecular complexity index is 550. The van der Waals surface area contributed by atoms with Crippen molar-refractivity contribution in [3.05, 3.63) is 15.6 Å². The largest absolute Gasteiger partial charge is 0.294 e. The molecule has 0 unspecified atom stereocenters. The second kappa shape index (κ2) is 5.09. The van der Waals surface area contributed by atoms with Gasteiger partial charge >= 0.3 is 0 Å². The molecule has 0 bridgehead atoms. The van der Waals surface area contributed by atoms with Crippen molar-refractivity contribution in [3.8, 4) is 0 Å². The first kappa shape index (κ1) is 15.3. The SMILES string of the molecule is CCS(=O)(=O)Cc1nc(C(C)(C)C)c(C(C)=O)s1. The summed E-state index contributed by atoms with van der Waals surface area (Å²) in [4.78, 5) is 16.5. The molecule has 0 atom stereocenters. The summed E-state index contributed by atoms with van der Waals surface area (Å²) < 4.78 is 23.2. The average molecular weight is 289 g/mol. The zero-order chi connectivity index (χ0) is 14.1. The number of thiazole rings is 1. The molecule has 4 nitrogen and oxygen atoms in total. The maximum Gasteiger partial charge on any atom is 0.171 e. The Morgan fingerprint density at radius 2 is 1.89 bits per heavy atom. The molecule has 0 N–H and O–H groups in total. The molecule has 0 spiro atoms. The van der Waals surface area contributed by atoms with E-state index in [9.17, 15) is 13.2 Å². The monoisotopic (exact) mass is 289 g/mol. The number of nitrogens with zero attached hydrogens (tertiary/aromatic N) is 1. The number of carbonyl (C=O) groups is 1. The third kappa shape index (κ3) is 3.62. The van der Waals surface area contributed by atoms with Crippen molar-refractivity contribution in [1.29, 1.82) is 0 Å². The van der Waals surface area contributed by atoms with Gasteiger partial charge in [0.1, 0.15) is 10.8 Å². The van der Waals surface area contributed by atoms with Crippen LogP contribution in [0.5, 0.6) is 0 Å². The van der Waals surface area contributed by atoms with E-state index < -0.39 is 9.84 Å². The molecule has 0 saturated carbocycles. The van der Waals surface area contributed by atoms with E-state index in [0.29, 0.717) is 15.6 Å². The second-order valence-electron chi connectivity index (χ2n) is 5.27. The number of hydrogen-bond acceptors (Lipinski definition) is 5. The molecule has 0 saturated heterocycles. The summed E-state index contributed by atoms with van der Waals surface area (Å²) in [6.45, 7) is 8.99. The smallest absolute Gasteiger partial charge is 0.171 e.